The number of ether oxygens (including phenoxy) is 2. The van der Waals surface area contributed by atoms with Gasteiger partial charge in [0.2, 0.25) is 0 Å². The van der Waals surface area contributed by atoms with Crippen molar-refractivity contribution in [2.75, 3.05) is 20.8 Å². The smallest absolute Gasteiger partial charge is 0.264 e. The number of methoxy groups -OCH3 is 2. The first kappa shape index (κ1) is 18.7. The highest BCUT2D eigenvalue weighted by Crippen LogP contribution is 2.43. The molecule has 1 aromatic carbocycles. The summed E-state index contributed by atoms with van der Waals surface area (Å²) in [7, 11) is 3.32. The topological polar surface area (TPSA) is 38.8 Å². The number of amides is 1. The Morgan fingerprint density at radius 1 is 1.07 bits per heavy atom. The van der Waals surface area contributed by atoms with E-state index < -0.39 is 0 Å². The highest BCUT2D eigenvalue weighted by Gasteiger charge is 2.35. The van der Waals surface area contributed by atoms with Gasteiger partial charge in [0, 0.05) is 16.3 Å². The number of fused-ring (bicyclic) bond motifs is 2. The molecule has 0 fully saturated rings. The van der Waals surface area contributed by atoms with Gasteiger partial charge in [-0.2, -0.15) is 0 Å². The van der Waals surface area contributed by atoms with Crippen LogP contribution in [0.1, 0.15) is 48.6 Å². The van der Waals surface area contributed by atoms with Crippen LogP contribution >= 0.6 is 22.7 Å². The Hall–Kier alpha value is -2.31. The van der Waals surface area contributed by atoms with E-state index in [4.69, 9.17) is 9.47 Å². The van der Waals surface area contributed by atoms with Crippen LogP contribution in [0, 0.1) is 0 Å². The van der Waals surface area contributed by atoms with Gasteiger partial charge in [-0.3, -0.25) is 4.79 Å². The molecule has 0 saturated carbocycles. The number of thiophene rings is 2. The monoisotopic (exact) mass is 425 g/mol. The van der Waals surface area contributed by atoms with Crippen LogP contribution in [-0.4, -0.2) is 31.6 Å². The summed E-state index contributed by atoms with van der Waals surface area (Å²) in [4.78, 5) is 19.1. The van der Waals surface area contributed by atoms with Gasteiger partial charge in [-0.15, -0.1) is 22.7 Å². The molecule has 1 unspecified atom stereocenters. The van der Waals surface area contributed by atoms with Crippen molar-refractivity contribution in [2.24, 2.45) is 0 Å². The molecular formula is C23H23NO3S2. The Morgan fingerprint density at radius 3 is 2.62 bits per heavy atom. The van der Waals surface area contributed by atoms with E-state index >= 15 is 0 Å². The molecule has 3 heterocycles. The van der Waals surface area contributed by atoms with E-state index in [9.17, 15) is 4.79 Å². The van der Waals surface area contributed by atoms with E-state index in [1.165, 1.54) is 27.3 Å². The number of aryl methyl sites for hydroxylation is 2. The Bertz CT molecular complexity index is 1030. The molecular weight excluding hydrogens is 402 g/mol. The molecule has 4 nitrogen and oxygen atoms in total. The zero-order valence-corrected chi connectivity index (χ0v) is 18.2. The third-order valence-electron chi connectivity index (χ3n) is 5.90. The van der Waals surface area contributed by atoms with Crippen LogP contribution in [0.3, 0.4) is 0 Å². The molecule has 0 saturated heterocycles. The lowest BCUT2D eigenvalue weighted by atomic mass is 9.90. The van der Waals surface area contributed by atoms with Gasteiger partial charge in [-0.1, -0.05) is 6.07 Å². The fourth-order valence-electron chi connectivity index (χ4n) is 4.49. The van der Waals surface area contributed by atoms with E-state index in [1.807, 2.05) is 11.0 Å². The van der Waals surface area contributed by atoms with Crippen molar-refractivity contribution in [3.63, 3.8) is 0 Å². The summed E-state index contributed by atoms with van der Waals surface area (Å²) in [6.45, 7) is 0.701. The maximum atomic E-state index is 13.6. The molecule has 0 bridgehead atoms. The summed E-state index contributed by atoms with van der Waals surface area (Å²) in [6.07, 6.45) is 4.25. The lowest BCUT2D eigenvalue weighted by molar-refractivity contribution is 0.0702. The molecule has 2 aromatic heterocycles. The number of hydrogen-bond donors (Lipinski definition) is 0. The molecule has 29 heavy (non-hydrogen) atoms. The normalized spacial score (nSPS) is 17.7. The number of rotatable bonds is 4. The van der Waals surface area contributed by atoms with Crippen LogP contribution in [-0.2, 0) is 19.3 Å². The van der Waals surface area contributed by atoms with Gasteiger partial charge in [0.15, 0.2) is 11.5 Å². The third kappa shape index (κ3) is 3.15. The van der Waals surface area contributed by atoms with Gasteiger partial charge in [-0.25, -0.2) is 0 Å². The molecule has 1 aliphatic carbocycles. The van der Waals surface area contributed by atoms with Gasteiger partial charge in [-0.05, 0) is 72.0 Å². The predicted octanol–water partition coefficient (Wildman–Crippen LogP) is 5.10. The van der Waals surface area contributed by atoms with E-state index in [0.717, 1.165) is 35.5 Å². The van der Waals surface area contributed by atoms with Gasteiger partial charge in [0.1, 0.15) is 0 Å². The molecule has 5 rings (SSSR count). The Morgan fingerprint density at radius 2 is 1.90 bits per heavy atom. The molecule has 1 amide bonds. The minimum absolute atomic E-state index is 0.0944. The van der Waals surface area contributed by atoms with E-state index in [-0.39, 0.29) is 11.9 Å². The summed E-state index contributed by atoms with van der Waals surface area (Å²) in [6, 6.07) is 10.3. The molecule has 0 radical (unpaired) electrons. The number of benzene rings is 1. The van der Waals surface area contributed by atoms with Gasteiger partial charge in [0.25, 0.3) is 5.91 Å². The molecule has 0 N–H and O–H groups in total. The van der Waals surface area contributed by atoms with Crippen LogP contribution in [0.25, 0.3) is 0 Å². The van der Waals surface area contributed by atoms with Gasteiger partial charge >= 0.3 is 0 Å². The minimum atomic E-state index is -0.0944. The third-order valence-corrected chi connectivity index (χ3v) is 8.05. The van der Waals surface area contributed by atoms with Crippen LogP contribution in [0.2, 0.25) is 0 Å². The molecule has 1 aliphatic heterocycles. The van der Waals surface area contributed by atoms with Crippen LogP contribution < -0.4 is 9.47 Å². The molecule has 3 aromatic rings. The Labute approximate surface area is 178 Å². The number of carbonyl (C=O) groups is 1. The lowest BCUT2D eigenvalue weighted by Gasteiger charge is -2.37. The average Bonchev–Trinajstić information content (AvgIpc) is 3.48. The number of nitrogens with zero attached hydrogens (tertiary/aromatic N) is 1. The first-order valence-corrected chi connectivity index (χ1v) is 11.6. The SMILES string of the molecule is COc1cc2c(cc1OC)C(c1cccs1)N(C(=O)c1cc3c(s1)CCC3)CC2. The molecule has 6 heteroatoms. The van der Waals surface area contributed by atoms with Crippen molar-refractivity contribution < 1.29 is 14.3 Å². The standard InChI is InChI=1S/C23H23NO3S2/c1-26-17-11-14-8-9-24(23(25)21-12-15-5-3-6-19(15)29-21)22(20-7-4-10-28-20)16(14)13-18(17)27-2/h4,7,10-13,22H,3,5-6,8-9H2,1-2H3. The quantitative estimate of drug-likeness (QED) is 0.584. The highest BCUT2D eigenvalue weighted by molar-refractivity contribution is 7.14. The van der Waals surface area contributed by atoms with Crippen molar-refractivity contribution in [2.45, 2.75) is 31.7 Å². The second-order valence-corrected chi connectivity index (χ2v) is 9.60. The number of carbonyl (C=O) groups excluding carboxylic acids is 1. The summed E-state index contributed by atoms with van der Waals surface area (Å²) < 4.78 is 11.1. The van der Waals surface area contributed by atoms with Gasteiger partial charge < -0.3 is 14.4 Å². The van der Waals surface area contributed by atoms with Crippen LogP contribution in [0.5, 0.6) is 11.5 Å². The molecule has 0 spiro atoms. The van der Waals surface area contributed by atoms with Crippen molar-refractivity contribution in [3.05, 3.63) is 67.0 Å². The second kappa shape index (κ2) is 7.50. The van der Waals surface area contributed by atoms with Crippen LogP contribution in [0.15, 0.2) is 35.7 Å². The maximum Gasteiger partial charge on any atom is 0.264 e. The Kier molecular flexibility index (Phi) is 4.84. The fraction of sp³-hybridized carbons (Fsp3) is 0.348. The minimum Gasteiger partial charge on any atom is -0.493 e. The van der Waals surface area contributed by atoms with Gasteiger partial charge in [0.05, 0.1) is 25.1 Å². The first-order chi connectivity index (χ1) is 14.2. The zero-order chi connectivity index (χ0) is 20.0. The highest BCUT2D eigenvalue weighted by atomic mass is 32.1. The largest absolute Gasteiger partial charge is 0.493 e. The van der Waals surface area contributed by atoms with Crippen molar-refractivity contribution in [1.29, 1.82) is 0 Å². The maximum absolute atomic E-state index is 13.6. The number of hydrogen-bond acceptors (Lipinski definition) is 5. The second-order valence-electron chi connectivity index (χ2n) is 7.49. The predicted molar refractivity (Wildman–Crippen MR) is 117 cm³/mol. The summed E-state index contributed by atoms with van der Waals surface area (Å²) in [5.41, 5.74) is 3.72. The Balaban J connectivity index is 1.58. The van der Waals surface area contributed by atoms with Crippen molar-refractivity contribution >= 4 is 28.6 Å². The average molecular weight is 426 g/mol. The first-order valence-electron chi connectivity index (χ1n) is 9.90. The van der Waals surface area contributed by atoms with E-state index in [0.29, 0.717) is 12.3 Å². The molecule has 2 aliphatic rings. The van der Waals surface area contributed by atoms with E-state index in [2.05, 4.69) is 29.6 Å². The fourth-order valence-corrected chi connectivity index (χ4v) is 6.56. The summed E-state index contributed by atoms with van der Waals surface area (Å²) >= 11 is 3.38. The van der Waals surface area contributed by atoms with E-state index in [1.54, 1.807) is 36.9 Å². The van der Waals surface area contributed by atoms with Crippen molar-refractivity contribution in [3.8, 4) is 11.5 Å². The van der Waals surface area contributed by atoms with Crippen LogP contribution in [0.4, 0.5) is 0 Å². The molecule has 1 atom stereocenters. The van der Waals surface area contributed by atoms with Crippen molar-refractivity contribution in [1.82, 2.24) is 4.90 Å². The zero-order valence-electron chi connectivity index (χ0n) is 16.6. The lowest BCUT2D eigenvalue weighted by Crippen LogP contribution is -2.40. The summed E-state index contributed by atoms with van der Waals surface area (Å²) in [5.74, 6) is 1.59. The summed E-state index contributed by atoms with van der Waals surface area (Å²) in [5, 5.41) is 2.08. The molecule has 150 valence electrons.